The van der Waals surface area contributed by atoms with Gasteiger partial charge in [0.25, 0.3) is 0 Å². The first-order chi connectivity index (χ1) is 11.8. The molecule has 1 aliphatic heterocycles. The van der Waals surface area contributed by atoms with Crippen LogP contribution < -0.4 is 0 Å². The average Bonchev–Trinajstić information content (AvgIpc) is 2.48. The Labute approximate surface area is 162 Å². The van der Waals surface area contributed by atoms with Gasteiger partial charge >= 0.3 is 0 Å². The van der Waals surface area contributed by atoms with E-state index in [9.17, 15) is 0 Å². The molecule has 1 aliphatic rings. The summed E-state index contributed by atoms with van der Waals surface area (Å²) in [7, 11) is 0. The fourth-order valence-electron chi connectivity index (χ4n) is 4.25. The third kappa shape index (κ3) is 5.10. The number of hydrogen-bond acceptors (Lipinski definition) is 2. The van der Waals surface area contributed by atoms with Crippen molar-refractivity contribution in [3.8, 4) is 0 Å². The van der Waals surface area contributed by atoms with Crippen molar-refractivity contribution in [2.75, 3.05) is 0 Å². The standard InChI is InChI=1S/C24H41NO/c1-18(2)17-21(19-11-13-20(14-12-19)22(3,4)5)26-25-23(6,7)15-10-16-24(25,8)9/h11-14,18,21H,10,15-17H2,1-9H3. The van der Waals surface area contributed by atoms with E-state index in [0.29, 0.717) is 5.92 Å². The summed E-state index contributed by atoms with van der Waals surface area (Å²) in [6, 6.07) is 9.10. The predicted octanol–water partition coefficient (Wildman–Crippen LogP) is 7.05. The summed E-state index contributed by atoms with van der Waals surface area (Å²) >= 11 is 0. The van der Waals surface area contributed by atoms with E-state index in [1.54, 1.807) is 0 Å². The molecular formula is C24H41NO. The van der Waals surface area contributed by atoms with Crippen molar-refractivity contribution in [2.45, 2.75) is 111 Å². The number of hydrogen-bond donors (Lipinski definition) is 0. The summed E-state index contributed by atoms with van der Waals surface area (Å²) in [4.78, 5) is 6.78. The van der Waals surface area contributed by atoms with E-state index < -0.39 is 0 Å². The van der Waals surface area contributed by atoms with Gasteiger partial charge in [-0.2, -0.15) is 5.06 Å². The molecule has 1 saturated heterocycles. The second-order valence-corrected chi connectivity index (χ2v) is 10.9. The van der Waals surface area contributed by atoms with E-state index in [-0.39, 0.29) is 22.6 Å². The van der Waals surface area contributed by atoms with Gasteiger partial charge in [-0.05, 0) is 75.8 Å². The molecule has 0 radical (unpaired) electrons. The highest BCUT2D eigenvalue weighted by molar-refractivity contribution is 5.28. The van der Waals surface area contributed by atoms with E-state index in [1.807, 2.05) is 0 Å². The van der Waals surface area contributed by atoms with Crippen LogP contribution in [-0.2, 0) is 10.3 Å². The second kappa shape index (κ2) is 7.64. The monoisotopic (exact) mass is 359 g/mol. The zero-order chi connectivity index (χ0) is 19.8. The van der Waals surface area contributed by atoms with E-state index in [4.69, 9.17) is 4.84 Å². The number of benzene rings is 1. The SMILES string of the molecule is CC(C)CC(ON1C(C)(C)CCCC1(C)C)c1ccc(C(C)(C)C)cc1. The molecule has 1 atom stereocenters. The molecule has 0 saturated carbocycles. The Kier molecular flexibility index (Phi) is 6.30. The smallest absolute Gasteiger partial charge is 0.105 e. The van der Waals surface area contributed by atoms with E-state index >= 15 is 0 Å². The first-order valence-corrected chi connectivity index (χ1v) is 10.4. The van der Waals surface area contributed by atoms with Crippen LogP contribution in [0.15, 0.2) is 24.3 Å². The van der Waals surface area contributed by atoms with Gasteiger partial charge in [-0.3, -0.25) is 4.84 Å². The Morgan fingerprint density at radius 1 is 0.962 bits per heavy atom. The summed E-state index contributed by atoms with van der Waals surface area (Å²) in [6.07, 6.45) is 4.80. The van der Waals surface area contributed by atoms with Crippen LogP contribution in [-0.4, -0.2) is 16.1 Å². The minimum atomic E-state index is 0.0718. The molecule has 0 aromatic heterocycles. The molecule has 2 nitrogen and oxygen atoms in total. The maximum absolute atomic E-state index is 6.78. The van der Waals surface area contributed by atoms with Gasteiger partial charge in [-0.1, -0.05) is 58.9 Å². The van der Waals surface area contributed by atoms with Crippen molar-refractivity contribution >= 4 is 0 Å². The maximum atomic E-state index is 6.78. The highest BCUT2D eigenvalue weighted by Crippen LogP contribution is 2.41. The first kappa shape index (κ1) is 21.4. The van der Waals surface area contributed by atoms with Gasteiger partial charge in [0.1, 0.15) is 6.10 Å². The number of rotatable bonds is 5. The fraction of sp³-hybridized carbons (Fsp3) is 0.750. The molecule has 1 heterocycles. The predicted molar refractivity (Wildman–Crippen MR) is 112 cm³/mol. The largest absolute Gasteiger partial charge is 0.290 e. The van der Waals surface area contributed by atoms with Gasteiger partial charge in [0.05, 0.1) is 0 Å². The van der Waals surface area contributed by atoms with E-state index in [1.165, 1.54) is 30.4 Å². The molecule has 1 fully saturated rings. The lowest BCUT2D eigenvalue weighted by atomic mass is 9.82. The lowest BCUT2D eigenvalue weighted by molar-refractivity contribution is -0.309. The molecule has 0 amide bonds. The van der Waals surface area contributed by atoms with Crippen LogP contribution in [0.2, 0.25) is 0 Å². The minimum absolute atomic E-state index is 0.0718. The van der Waals surface area contributed by atoms with Crippen molar-refractivity contribution in [1.82, 2.24) is 5.06 Å². The molecule has 0 aliphatic carbocycles. The van der Waals surface area contributed by atoms with Crippen molar-refractivity contribution in [2.24, 2.45) is 5.92 Å². The molecule has 148 valence electrons. The molecular weight excluding hydrogens is 318 g/mol. The normalized spacial score (nSPS) is 21.8. The summed E-state index contributed by atoms with van der Waals surface area (Å²) in [5, 5.41) is 2.31. The highest BCUT2D eigenvalue weighted by atomic mass is 16.7. The van der Waals surface area contributed by atoms with Crippen LogP contribution in [0.4, 0.5) is 0 Å². The molecule has 2 rings (SSSR count). The molecule has 2 heteroatoms. The zero-order valence-electron chi connectivity index (χ0n) is 18.6. The third-order valence-electron chi connectivity index (χ3n) is 5.74. The summed E-state index contributed by atoms with van der Waals surface area (Å²) in [5.74, 6) is 0.596. The van der Waals surface area contributed by atoms with Crippen LogP contribution >= 0.6 is 0 Å². The van der Waals surface area contributed by atoms with Crippen LogP contribution in [0.1, 0.15) is 105 Å². The number of piperidine rings is 1. The Morgan fingerprint density at radius 2 is 1.46 bits per heavy atom. The number of nitrogens with zero attached hydrogens (tertiary/aromatic N) is 1. The van der Waals surface area contributed by atoms with Crippen LogP contribution in [0.5, 0.6) is 0 Å². The fourth-order valence-corrected chi connectivity index (χ4v) is 4.25. The highest BCUT2D eigenvalue weighted by Gasteiger charge is 2.43. The van der Waals surface area contributed by atoms with Gasteiger partial charge in [-0.15, -0.1) is 0 Å². The first-order valence-electron chi connectivity index (χ1n) is 10.4. The van der Waals surface area contributed by atoms with Crippen LogP contribution in [0.25, 0.3) is 0 Å². The van der Waals surface area contributed by atoms with Crippen molar-refractivity contribution < 1.29 is 4.84 Å². The molecule has 1 aromatic rings. The summed E-state index contributed by atoms with van der Waals surface area (Å²) in [5.41, 5.74) is 3.00. The van der Waals surface area contributed by atoms with E-state index in [0.717, 1.165) is 6.42 Å². The molecule has 0 N–H and O–H groups in total. The molecule has 0 spiro atoms. The molecule has 26 heavy (non-hydrogen) atoms. The lowest BCUT2D eigenvalue weighted by Crippen LogP contribution is -2.58. The van der Waals surface area contributed by atoms with E-state index in [2.05, 4.69) is 91.6 Å². The Morgan fingerprint density at radius 3 is 1.88 bits per heavy atom. The van der Waals surface area contributed by atoms with Gasteiger partial charge in [-0.25, -0.2) is 0 Å². The quantitative estimate of drug-likeness (QED) is 0.558. The third-order valence-corrected chi connectivity index (χ3v) is 5.74. The van der Waals surface area contributed by atoms with Gasteiger partial charge < -0.3 is 0 Å². The lowest BCUT2D eigenvalue weighted by Gasteiger charge is -2.52. The maximum Gasteiger partial charge on any atom is 0.105 e. The Balaban J connectivity index is 2.29. The molecule has 1 aromatic carbocycles. The number of hydroxylamine groups is 2. The van der Waals surface area contributed by atoms with Crippen LogP contribution in [0.3, 0.4) is 0 Å². The topological polar surface area (TPSA) is 12.5 Å². The van der Waals surface area contributed by atoms with Crippen LogP contribution in [0, 0.1) is 5.92 Å². The van der Waals surface area contributed by atoms with Gasteiger partial charge in [0, 0.05) is 11.1 Å². The summed E-state index contributed by atoms with van der Waals surface area (Å²) < 4.78 is 0. The second-order valence-electron chi connectivity index (χ2n) is 10.9. The van der Waals surface area contributed by atoms with Gasteiger partial charge in [0.15, 0.2) is 0 Å². The Bertz CT molecular complexity index is 561. The molecule has 0 bridgehead atoms. The average molecular weight is 360 g/mol. The zero-order valence-corrected chi connectivity index (χ0v) is 18.6. The Hall–Kier alpha value is -0.860. The van der Waals surface area contributed by atoms with Crippen molar-refractivity contribution in [3.63, 3.8) is 0 Å². The van der Waals surface area contributed by atoms with Crippen molar-refractivity contribution in [1.29, 1.82) is 0 Å². The molecule has 1 unspecified atom stereocenters. The summed E-state index contributed by atoms with van der Waals surface area (Å²) in [6.45, 7) is 20.7. The minimum Gasteiger partial charge on any atom is -0.290 e. The van der Waals surface area contributed by atoms with Crippen molar-refractivity contribution in [3.05, 3.63) is 35.4 Å². The van der Waals surface area contributed by atoms with Gasteiger partial charge in [0.2, 0.25) is 0 Å².